The van der Waals surface area contributed by atoms with Crippen molar-refractivity contribution < 1.29 is 37.5 Å². The molecule has 2 N–H and O–H groups in total. The number of carboxylic acid groups (broad SMARTS) is 1. The summed E-state index contributed by atoms with van der Waals surface area (Å²) in [6, 6.07) is 29.4. The molecule has 20 heteroatoms. The number of thiazole rings is 2. The summed E-state index contributed by atoms with van der Waals surface area (Å²) in [6.45, 7) is 11.1. The zero-order valence-corrected chi connectivity index (χ0v) is 41.6. The number of carbonyl (C=O) groups is 4. The normalized spacial score (nSPS) is 18.3. The fourth-order valence-corrected chi connectivity index (χ4v) is 12.0. The number of aromatic carboxylic acids is 1. The second kappa shape index (κ2) is 18.9. The van der Waals surface area contributed by atoms with Crippen LogP contribution in [-0.4, -0.2) is 149 Å². The highest BCUT2D eigenvalue weighted by atomic mass is 32.1. The summed E-state index contributed by atoms with van der Waals surface area (Å²) in [6.07, 6.45) is -0.615. The number of aryl methyl sites for hydroxylation is 1. The third-order valence-electron chi connectivity index (χ3n) is 15.1. The molecule has 0 bridgehead atoms. The predicted molar refractivity (Wildman–Crippen MR) is 274 cm³/mol. The van der Waals surface area contributed by atoms with Gasteiger partial charge in [0.15, 0.2) is 0 Å². The molecular weight excluding hydrogens is 990 g/mol. The number of benzene rings is 4. The smallest absolute Gasteiger partial charge is 0.416 e. The van der Waals surface area contributed by atoms with E-state index >= 15 is 0 Å². The Morgan fingerprint density at radius 3 is 1.58 bits per heavy atom. The quantitative estimate of drug-likeness (QED) is 0.155. The first kappa shape index (κ1) is 47.8. The molecule has 0 radical (unpaired) electrons. The Morgan fingerprint density at radius 1 is 0.622 bits per heavy atom. The van der Waals surface area contributed by atoms with Gasteiger partial charge in [-0.25, -0.2) is 14.8 Å². The minimum absolute atomic E-state index is 0.0721. The minimum atomic E-state index is -4.37. The van der Waals surface area contributed by atoms with E-state index < -0.39 is 17.7 Å². The van der Waals surface area contributed by atoms with Gasteiger partial charge in [0.25, 0.3) is 17.7 Å². The number of hydrogen-bond donors (Lipinski definition) is 2. The zero-order chi connectivity index (χ0) is 51.0. The number of fused-ring (bicyclic) bond motifs is 4. The number of nitrogens with zero attached hydrogens (tertiary/aromatic N) is 9. The largest absolute Gasteiger partial charge is 0.478 e. The lowest BCUT2D eigenvalue weighted by atomic mass is 9.97. The SMILES string of the molecule is Cc1ccc(-n2ccc3cc(C(=O)N4CC(N5CC(N6Cc7scnc7C6=O)C5)C4)ccc32)cc1.O=C(O)c1ccc2c(ccn2-c2ccc(C(F)(F)F)cc2)c1.O=C1c2ncsc2CN1C1CN(C2CNC2)C1. The molecule has 0 saturated carbocycles. The van der Waals surface area contributed by atoms with E-state index in [9.17, 15) is 32.3 Å². The van der Waals surface area contributed by atoms with Crippen LogP contribution in [0.1, 0.15) is 62.6 Å². The number of alkyl halides is 3. The first-order valence-electron chi connectivity index (χ1n) is 24.4. The Bertz CT molecular complexity index is 3460. The second-order valence-electron chi connectivity index (χ2n) is 19.6. The Morgan fingerprint density at radius 2 is 1.11 bits per heavy atom. The molecule has 0 aliphatic carbocycles. The molecule has 0 unspecified atom stereocenters. The molecule has 15 nitrogen and oxygen atoms in total. The van der Waals surface area contributed by atoms with E-state index in [1.807, 2.05) is 32.9 Å². The second-order valence-corrected chi connectivity index (χ2v) is 21.5. The van der Waals surface area contributed by atoms with E-state index in [4.69, 9.17) is 5.11 Å². The molecule has 14 rings (SSSR count). The maximum absolute atomic E-state index is 13.1. The monoisotopic (exact) mass is 1040 g/mol. The number of rotatable bonds is 8. The number of aromatic nitrogens is 4. The molecule has 4 saturated heterocycles. The summed E-state index contributed by atoms with van der Waals surface area (Å²) in [5.41, 5.74) is 9.80. The van der Waals surface area contributed by atoms with Crippen LogP contribution in [0.2, 0.25) is 0 Å². The Balaban J connectivity index is 0.000000122. The highest BCUT2D eigenvalue weighted by Crippen LogP contribution is 2.35. The Hall–Kier alpha value is -7.23. The van der Waals surface area contributed by atoms with E-state index in [0.717, 1.165) is 108 Å². The van der Waals surface area contributed by atoms with Gasteiger partial charge in [-0.05, 0) is 91.9 Å². The topological polar surface area (TPSA) is 152 Å². The molecule has 6 aliphatic heterocycles. The van der Waals surface area contributed by atoms with E-state index in [1.54, 1.807) is 56.6 Å². The number of amides is 3. The van der Waals surface area contributed by atoms with Crippen LogP contribution in [0.25, 0.3) is 33.2 Å². The third kappa shape index (κ3) is 8.82. The molecule has 74 heavy (non-hydrogen) atoms. The van der Waals surface area contributed by atoms with Crippen molar-refractivity contribution in [1.82, 2.24) is 48.9 Å². The fraction of sp³-hybridized carbons (Fsp3) is 0.296. The van der Waals surface area contributed by atoms with Gasteiger partial charge in [0.1, 0.15) is 11.4 Å². The van der Waals surface area contributed by atoms with Crippen molar-refractivity contribution in [2.24, 2.45) is 0 Å². The van der Waals surface area contributed by atoms with Gasteiger partial charge in [-0.2, -0.15) is 13.2 Å². The summed E-state index contributed by atoms with van der Waals surface area (Å²) in [7, 11) is 0. The Kier molecular flexibility index (Phi) is 12.2. The lowest BCUT2D eigenvalue weighted by molar-refractivity contribution is -0.137. The van der Waals surface area contributed by atoms with E-state index in [-0.39, 0.29) is 29.3 Å². The molecule has 378 valence electrons. The fourth-order valence-electron chi connectivity index (χ4n) is 10.5. The van der Waals surface area contributed by atoms with Crippen LogP contribution in [0, 0.1) is 6.92 Å². The van der Waals surface area contributed by atoms with Gasteiger partial charge in [-0.1, -0.05) is 17.7 Å². The molecule has 4 fully saturated rings. The van der Waals surface area contributed by atoms with E-state index in [2.05, 4.69) is 73.1 Å². The molecular formula is C54H49F3N10O5S2. The summed E-state index contributed by atoms with van der Waals surface area (Å²) >= 11 is 3.16. The van der Waals surface area contributed by atoms with Crippen molar-refractivity contribution >= 4 is 68.2 Å². The molecule has 6 aliphatic rings. The highest BCUT2D eigenvalue weighted by Gasteiger charge is 2.46. The van der Waals surface area contributed by atoms with Crippen LogP contribution in [0.5, 0.6) is 0 Å². The lowest BCUT2D eigenvalue weighted by Crippen LogP contribution is -2.70. The van der Waals surface area contributed by atoms with Crippen LogP contribution in [-0.2, 0) is 19.3 Å². The molecule has 4 aromatic heterocycles. The number of halogens is 3. The number of carbonyl (C=O) groups excluding carboxylic acids is 3. The number of carboxylic acids is 1. The highest BCUT2D eigenvalue weighted by molar-refractivity contribution is 7.10. The van der Waals surface area contributed by atoms with Crippen LogP contribution < -0.4 is 5.32 Å². The van der Waals surface area contributed by atoms with Crippen molar-refractivity contribution in [1.29, 1.82) is 0 Å². The summed E-state index contributed by atoms with van der Waals surface area (Å²) in [5.74, 6) is -0.724. The number of likely N-dealkylation sites (tertiary alicyclic amines) is 3. The predicted octanol–water partition coefficient (Wildman–Crippen LogP) is 7.66. The minimum Gasteiger partial charge on any atom is -0.478 e. The van der Waals surface area contributed by atoms with Crippen molar-refractivity contribution in [3.05, 3.63) is 164 Å². The van der Waals surface area contributed by atoms with Gasteiger partial charge in [-0.3, -0.25) is 24.2 Å². The van der Waals surface area contributed by atoms with Crippen LogP contribution >= 0.6 is 22.7 Å². The summed E-state index contributed by atoms with van der Waals surface area (Å²) in [5, 5.41) is 14.0. The van der Waals surface area contributed by atoms with Crippen LogP contribution in [0.15, 0.2) is 120 Å². The average molecular weight is 1040 g/mol. The van der Waals surface area contributed by atoms with Gasteiger partial charge in [0.2, 0.25) is 0 Å². The molecule has 3 amide bonds. The van der Waals surface area contributed by atoms with Crippen LogP contribution in [0.4, 0.5) is 13.2 Å². The van der Waals surface area contributed by atoms with Gasteiger partial charge >= 0.3 is 12.1 Å². The van der Waals surface area contributed by atoms with Crippen LogP contribution in [0.3, 0.4) is 0 Å². The molecule has 4 aromatic carbocycles. The Labute approximate surface area is 430 Å². The molecule has 0 atom stereocenters. The summed E-state index contributed by atoms with van der Waals surface area (Å²) in [4.78, 5) is 70.0. The zero-order valence-electron chi connectivity index (χ0n) is 40.0. The van der Waals surface area contributed by atoms with Crippen molar-refractivity contribution in [2.45, 2.75) is 50.4 Å². The lowest BCUT2D eigenvalue weighted by Gasteiger charge is -2.53. The number of hydrogen-bond acceptors (Lipinski definition) is 11. The van der Waals surface area contributed by atoms with Crippen molar-refractivity contribution in [3.63, 3.8) is 0 Å². The van der Waals surface area contributed by atoms with E-state index in [1.165, 1.54) is 29.8 Å². The molecule has 10 heterocycles. The molecule has 8 aromatic rings. The van der Waals surface area contributed by atoms with Crippen molar-refractivity contribution in [3.8, 4) is 11.4 Å². The van der Waals surface area contributed by atoms with Gasteiger partial charge in [0.05, 0.1) is 68.1 Å². The van der Waals surface area contributed by atoms with Gasteiger partial charge in [-0.15, -0.1) is 22.7 Å². The average Bonchev–Trinajstić information content (AvgIpc) is 4.21. The summed E-state index contributed by atoms with van der Waals surface area (Å²) < 4.78 is 41.6. The number of nitrogens with one attached hydrogen (secondary N) is 1. The molecule has 0 spiro atoms. The first-order valence-corrected chi connectivity index (χ1v) is 26.1. The maximum Gasteiger partial charge on any atom is 0.416 e. The first-order chi connectivity index (χ1) is 35.7. The van der Waals surface area contributed by atoms with Gasteiger partial charge < -0.3 is 34.3 Å². The maximum atomic E-state index is 13.1. The standard InChI is InChI=1S/C27H25N5O2S.C16H10F3NO2.C11H14N4OS/c1-17-2-5-20(6-3-17)31-9-8-18-10-19(4-7-23(18)31)26(33)30-11-21(12-30)29-13-22(14-29)32-15-24-25(27(32)34)28-16-35-24;17-16(18,19)12-2-4-13(5-3-12)20-8-7-10-9-11(15(21)22)1-6-14(10)20;16-11-10-9(17-6-13-10)5-15(11)8-3-14(4-8)7-1-12-2-7/h2-10,16,21-22H,11-15H2,1H3;1-9H,(H,21,22);6-8,12H,1-5H2. The third-order valence-corrected chi connectivity index (χ3v) is 16.7. The van der Waals surface area contributed by atoms with E-state index in [0.29, 0.717) is 47.1 Å². The van der Waals surface area contributed by atoms with Gasteiger partial charge in [0, 0.05) is 105 Å². The van der Waals surface area contributed by atoms with Crippen molar-refractivity contribution in [2.75, 3.05) is 52.4 Å².